The Morgan fingerprint density at radius 2 is 2.19 bits per heavy atom. The summed E-state index contributed by atoms with van der Waals surface area (Å²) >= 11 is 1.20. The van der Waals surface area contributed by atoms with Gasteiger partial charge in [0.2, 0.25) is 10.0 Å². The number of hydrogen-bond donors (Lipinski definition) is 0. The van der Waals surface area contributed by atoms with E-state index in [9.17, 15) is 17.6 Å². The van der Waals surface area contributed by atoms with Crippen molar-refractivity contribution in [2.45, 2.75) is 31.8 Å². The van der Waals surface area contributed by atoms with Crippen molar-refractivity contribution in [3.05, 3.63) is 28.8 Å². The third-order valence-corrected chi connectivity index (χ3v) is 6.87. The van der Waals surface area contributed by atoms with E-state index in [2.05, 4.69) is 4.99 Å². The van der Waals surface area contributed by atoms with E-state index < -0.39 is 27.8 Å². The molecule has 7 nitrogen and oxygen atoms in total. The van der Waals surface area contributed by atoms with Gasteiger partial charge in [0.15, 0.2) is 4.80 Å². The van der Waals surface area contributed by atoms with Gasteiger partial charge in [-0.1, -0.05) is 23.8 Å². The fourth-order valence-electron chi connectivity index (χ4n) is 3.28. The van der Waals surface area contributed by atoms with Crippen molar-refractivity contribution in [3.8, 4) is 0 Å². The summed E-state index contributed by atoms with van der Waals surface area (Å²) in [6.07, 6.45) is 3.03. The summed E-state index contributed by atoms with van der Waals surface area (Å²) in [5.41, 5.74) is 0.370. The molecule has 2 heterocycles. The first-order valence-electron chi connectivity index (χ1n) is 8.65. The monoisotopic (exact) mass is 415 g/mol. The molecule has 27 heavy (non-hydrogen) atoms. The van der Waals surface area contributed by atoms with Gasteiger partial charge in [0.1, 0.15) is 11.9 Å². The van der Waals surface area contributed by atoms with Crippen LogP contribution in [0.15, 0.2) is 23.2 Å². The molecule has 10 heteroatoms. The number of para-hydroxylation sites is 1. The Kier molecular flexibility index (Phi) is 6.09. The molecule has 1 atom stereocenters. The second-order valence-electron chi connectivity index (χ2n) is 6.45. The zero-order chi connectivity index (χ0) is 19.6. The smallest absolute Gasteiger partial charge is 0.266 e. The van der Waals surface area contributed by atoms with Crippen LogP contribution >= 0.6 is 11.3 Å². The van der Waals surface area contributed by atoms with E-state index in [-0.39, 0.29) is 0 Å². The van der Waals surface area contributed by atoms with Crippen molar-refractivity contribution in [1.82, 2.24) is 8.87 Å². The number of fused-ring (bicyclic) bond motifs is 1. The van der Waals surface area contributed by atoms with E-state index in [1.807, 2.05) is 0 Å². The number of aromatic nitrogens is 1. The molecule has 1 unspecified atom stereocenters. The predicted octanol–water partition coefficient (Wildman–Crippen LogP) is 1.73. The summed E-state index contributed by atoms with van der Waals surface area (Å²) < 4.78 is 46.9. The number of thiazole rings is 1. The Bertz CT molecular complexity index is 1010. The third kappa shape index (κ3) is 4.29. The second-order valence-corrected chi connectivity index (χ2v) is 9.40. The number of amides is 1. The third-order valence-electron chi connectivity index (χ3n) is 4.54. The van der Waals surface area contributed by atoms with Gasteiger partial charge in [0.25, 0.3) is 5.91 Å². The fourth-order valence-corrected chi connectivity index (χ4v) is 5.47. The minimum atomic E-state index is -3.50. The molecular weight excluding hydrogens is 393 g/mol. The molecular formula is C17H22FN3O4S2. The highest BCUT2D eigenvalue weighted by molar-refractivity contribution is 7.88. The average Bonchev–Trinajstić information content (AvgIpc) is 2.97. The predicted molar refractivity (Wildman–Crippen MR) is 101 cm³/mol. The van der Waals surface area contributed by atoms with Gasteiger partial charge < -0.3 is 9.30 Å². The van der Waals surface area contributed by atoms with Crippen LogP contribution in [0.25, 0.3) is 10.2 Å². The van der Waals surface area contributed by atoms with Crippen LogP contribution in [0.5, 0.6) is 0 Å². The minimum absolute atomic E-state index is 0.315. The molecule has 1 aromatic heterocycles. The van der Waals surface area contributed by atoms with Crippen LogP contribution in [-0.4, -0.2) is 55.8 Å². The van der Waals surface area contributed by atoms with Crippen molar-refractivity contribution >= 4 is 37.5 Å². The Balaban J connectivity index is 2.06. The molecule has 0 bridgehead atoms. The molecule has 0 spiro atoms. The van der Waals surface area contributed by atoms with Gasteiger partial charge in [-0.3, -0.25) is 4.79 Å². The zero-order valence-electron chi connectivity index (χ0n) is 15.2. The maximum atomic E-state index is 14.3. The van der Waals surface area contributed by atoms with E-state index in [0.717, 1.165) is 19.1 Å². The molecule has 1 amide bonds. The van der Waals surface area contributed by atoms with E-state index in [1.54, 1.807) is 23.8 Å². The van der Waals surface area contributed by atoms with Crippen molar-refractivity contribution in [2.24, 2.45) is 4.99 Å². The Morgan fingerprint density at radius 1 is 1.41 bits per heavy atom. The van der Waals surface area contributed by atoms with Crippen molar-refractivity contribution in [3.63, 3.8) is 0 Å². The molecule has 1 aromatic carbocycles. The maximum Gasteiger partial charge on any atom is 0.266 e. The number of piperidine rings is 1. The molecule has 1 aliphatic rings. The number of carbonyl (C=O) groups excluding carboxylic acids is 1. The standard InChI is InChI=1S/C17H22FN3O4S2/c1-25-11-10-20-15-12(18)6-5-8-14(15)26-17(20)19-16(22)13-7-3-4-9-21(13)27(2,23)24/h5-6,8,13H,3-4,7,9-11H2,1-2H3. The van der Waals surface area contributed by atoms with E-state index in [4.69, 9.17) is 4.74 Å². The van der Waals surface area contributed by atoms with Crippen LogP contribution in [0.2, 0.25) is 0 Å². The normalized spacial score (nSPS) is 19.7. The SMILES string of the molecule is COCCn1c(=NC(=O)C2CCCCN2S(C)(=O)=O)sc2cccc(F)c21. The number of halogens is 1. The van der Waals surface area contributed by atoms with Crippen molar-refractivity contribution in [2.75, 3.05) is 26.5 Å². The van der Waals surface area contributed by atoms with Gasteiger partial charge in [-0.25, -0.2) is 12.8 Å². The quantitative estimate of drug-likeness (QED) is 0.745. The van der Waals surface area contributed by atoms with Crippen LogP contribution in [0, 0.1) is 5.82 Å². The van der Waals surface area contributed by atoms with E-state index in [0.29, 0.717) is 41.1 Å². The fraction of sp³-hybridized carbons (Fsp3) is 0.529. The molecule has 3 rings (SSSR count). The highest BCUT2D eigenvalue weighted by Crippen LogP contribution is 2.22. The summed E-state index contributed by atoms with van der Waals surface area (Å²) in [6, 6.07) is 3.92. The van der Waals surface area contributed by atoms with Crippen molar-refractivity contribution in [1.29, 1.82) is 0 Å². The van der Waals surface area contributed by atoms with E-state index >= 15 is 0 Å². The molecule has 148 valence electrons. The molecule has 0 N–H and O–H groups in total. The number of carbonyl (C=O) groups is 1. The summed E-state index contributed by atoms with van der Waals surface area (Å²) in [5, 5.41) is 0. The van der Waals surface area contributed by atoms with Gasteiger partial charge in [-0.05, 0) is 25.0 Å². The minimum Gasteiger partial charge on any atom is -0.383 e. The highest BCUT2D eigenvalue weighted by atomic mass is 32.2. The topological polar surface area (TPSA) is 81.0 Å². The second kappa shape index (κ2) is 8.17. The first-order chi connectivity index (χ1) is 12.8. The number of methoxy groups -OCH3 is 1. The van der Waals surface area contributed by atoms with Gasteiger partial charge in [0, 0.05) is 20.2 Å². The van der Waals surface area contributed by atoms with Crippen LogP contribution in [-0.2, 0) is 26.1 Å². The van der Waals surface area contributed by atoms with Crippen LogP contribution in [0.3, 0.4) is 0 Å². The Hall–Kier alpha value is -1.62. The van der Waals surface area contributed by atoms with Gasteiger partial charge in [-0.2, -0.15) is 9.30 Å². The zero-order valence-corrected chi connectivity index (χ0v) is 16.9. The first kappa shape index (κ1) is 20.1. The first-order valence-corrected chi connectivity index (χ1v) is 11.3. The van der Waals surface area contributed by atoms with Gasteiger partial charge in [-0.15, -0.1) is 0 Å². The summed E-state index contributed by atoms with van der Waals surface area (Å²) in [7, 11) is -1.96. The van der Waals surface area contributed by atoms with Crippen LogP contribution in [0.4, 0.5) is 4.39 Å². The average molecular weight is 416 g/mol. The highest BCUT2D eigenvalue weighted by Gasteiger charge is 2.34. The number of rotatable bonds is 5. The Labute approximate surface area is 161 Å². The summed E-state index contributed by atoms with van der Waals surface area (Å²) in [4.78, 5) is 17.3. The molecule has 1 fully saturated rings. The van der Waals surface area contributed by atoms with Crippen LogP contribution in [0.1, 0.15) is 19.3 Å². The largest absolute Gasteiger partial charge is 0.383 e. The van der Waals surface area contributed by atoms with Crippen molar-refractivity contribution < 1.29 is 22.3 Å². The Morgan fingerprint density at radius 3 is 2.89 bits per heavy atom. The number of sulfonamides is 1. The number of hydrogen-bond acceptors (Lipinski definition) is 5. The van der Waals surface area contributed by atoms with Gasteiger partial charge in [0.05, 0.1) is 23.1 Å². The lowest BCUT2D eigenvalue weighted by Gasteiger charge is -2.31. The lowest BCUT2D eigenvalue weighted by molar-refractivity contribution is -0.122. The molecule has 0 aliphatic carbocycles. The lowest BCUT2D eigenvalue weighted by Crippen LogP contribution is -2.47. The maximum absolute atomic E-state index is 14.3. The molecule has 0 saturated carbocycles. The molecule has 0 radical (unpaired) electrons. The lowest BCUT2D eigenvalue weighted by atomic mass is 10.0. The van der Waals surface area contributed by atoms with E-state index in [1.165, 1.54) is 21.7 Å². The molecule has 2 aromatic rings. The molecule has 1 saturated heterocycles. The number of benzene rings is 1. The van der Waals surface area contributed by atoms with Crippen LogP contribution < -0.4 is 4.80 Å². The van der Waals surface area contributed by atoms with Gasteiger partial charge >= 0.3 is 0 Å². The number of nitrogens with zero attached hydrogens (tertiary/aromatic N) is 3. The summed E-state index contributed by atoms with van der Waals surface area (Å²) in [6.45, 7) is 0.986. The number of ether oxygens (including phenoxy) is 1. The summed E-state index contributed by atoms with van der Waals surface area (Å²) in [5.74, 6) is -0.914. The molecule has 1 aliphatic heterocycles.